The summed E-state index contributed by atoms with van der Waals surface area (Å²) in [5.41, 5.74) is 4.50. The van der Waals surface area contributed by atoms with Crippen molar-refractivity contribution in [3.8, 4) is 5.69 Å². The number of para-hydroxylation sites is 2. The lowest BCUT2D eigenvalue weighted by atomic mass is 10.2. The van der Waals surface area contributed by atoms with Crippen molar-refractivity contribution in [1.29, 1.82) is 0 Å². The molecule has 5 aromatic rings. The molecule has 0 spiro atoms. The van der Waals surface area contributed by atoms with E-state index < -0.39 is 4.92 Å². The lowest BCUT2D eigenvalue weighted by Crippen LogP contribution is -2.22. The van der Waals surface area contributed by atoms with E-state index in [0.29, 0.717) is 21.9 Å². The molecule has 0 radical (unpaired) electrons. The summed E-state index contributed by atoms with van der Waals surface area (Å²) in [4.78, 5) is 32.2. The maximum Gasteiger partial charge on any atom is 0.283 e. The molecular formula is C24H18N4O3S. The Balaban J connectivity index is 1.66. The highest BCUT2D eigenvalue weighted by atomic mass is 32.2. The summed E-state index contributed by atoms with van der Waals surface area (Å²) in [7, 11) is 0. The molecule has 0 fully saturated rings. The zero-order chi connectivity index (χ0) is 22.2. The highest BCUT2D eigenvalue weighted by Crippen LogP contribution is 2.29. The summed E-state index contributed by atoms with van der Waals surface area (Å²) in [6.45, 7) is 1.96. The quantitative estimate of drug-likeness (QED) is 0.171. The third-order valence-corrected chi connectivity index (χ3v) is 6.38. The first-order chi connectivity index (χ1) is 15.5. The molecule has 32 heavy (non-hydrogen) atoms. The van der Waals surface area contributed by atoms with Gasteiger partial charge in [0.2, 0.25) is 0 Å². The van der Waals surface area contributed by atoms with Crippen LogP contribution in [0.15, 0.2) is 82.7 Å². The summed E-state index contributed by atoms with van der Waals surface area (Å²) in [6, 6.07) is 21.8. The number of H-pyrrole nitrogens is 1. The third-order valence-electron chi connectivity index (χ3n) is 5.37. The Morgan fingerprint density at radius 1 is 1.03 bits per heavy atom. The Labute approximate surface area is 186 Å². The number of thioether (sulfide) groups is 1. The summed E-state index contributed by atoms with van der Waals surface area (Å²) in [6.07, 6.45) is 0. The average molecular weight is 443 g/mol. The molecule has 0 saturated carbocycles. The van der Waals surface area contributed by atoms with Gasteiger partial charge < -0.3 is 4.98 Å². The van der Waals surface area contributed by atoms with Gasteiger partial charge in [-0.2, -0.15) is 0 Å². The summed E-state index contributed by atoms with van der Waals surface area (Å²) < 4.78 is 1.64. The molecule has 0 aliphatic rings. The van der Waals surface area contributed by atoms with Crippen LogP contribution in [0.25, 0.3) is 27.6 Å². The monoisotopic (exact) mass is 442 g/mol. The Hall–Kier alpha value is -3.91. The smallest absolute Gasteiger partial charge is 0.283 e. The molecular weight excluding hydrogens is 424 g/mol. The number of hydrogen-bond acceptors (Lipinski definition) is 5. The number of aromatic amines is 1. The van der Waals surface area contributed by atoms with Crippen LogP contribution in [0.3, 0.4) is 0 Å². The minimum absolute atomic E-state index is 0.0499. The maximum atomic E-state index is 13.6. The number of rotatable bonds is 5. The van der Waals surface area contributed by atoms with Crippen LogP contribution in [0.5, 0.6) is 0 Å². The van der Waals surface area contributed by atoms with Crippen LogP contribution in [0, 0.1) is 17.0 Å². The van der Waals surface area contributed by atoms with E-state index >= 15 is 0 Å². The van der Waals surface area contributed by atoms with Gasteiger partial charge in [0.15, 0.2) is 5.16 Å². The number of aromatic nitrogens is 3. The lowest BCUT2D eigenvalue weighted by molar-refractivity contribution is -0.384. The molecule has 2 heterocycles. The molecule has 5 rings (SSSR count). The molecule has 0 aliphatic carbocycles. The van der Waals surface area contributed by atoms with Crippen molar-refractivity contribution >= 4 is 39.4 Å². The van der Waals surface area contributed by atoms with Crippen molar-refractivity contribution in [3.05, 3.63) is 104 Å². The van der Waals surface area contributed by atoms with Crippen molar-refractivity contribution in [3.63, 3.8) is 0 Å². The van der Waals surface area contributed by atoms with Gasteiger partial charge in [0.05, 0.1) is 10.6 Å². The molecule has 158 valence electrons. The van der Waals surface area contributed by atoms with Crippen molar-refractivity contribution < 1.29 is 4.92 Å². The van der Waals surface area contributed by atoms with Crippen LogP contribution >= 0.6 is 11.8 Å². The molecule has 2 aromatic heterocycles. The predicted octanol–water partition coefficient (Wildman–Crippen LogP) is 5.38. The number of non-ortho nitro benzene ring substituents is 1. The SMILES string of the molecule is Cc1ccccc1-n1c(SCc2ccc([N+](=O)[O-])cc2)nc2c([nH]c3ccccc32)c1=O. The Morgan fingerprint density at radius 3 is 2.50 bits per heavy atom. The van der Waals surface area contributed by atoms with E-state index in [0.717, 1.165) is 27.7 Å². The van der Waals surface area contributed by atoms with E-state index in [9.17, 15) is 14.9 Å². The molecule has 8 heteroatoms. The van der Waals surface area contributed by atoms with Gasteiger partial charge in [-0.1, -0.05) is 60.3 Å². The fourth-order valence-electron chi connectivity index (χ4n) is 3.73. The second-order valence-electron chi connectivity index (χ2n) is 7.43. The Morgan fingerprint density at radius 2 is 1.75 bits per heavy atom. The molecule has 7 nitrogen and oxygen atoms in total. The average Bonchev–Trinajstić information content (AvgIpc) is 3.18. The highest BCUT2D eigenvalue weighted by Gasteiger charge is 2.18. The molecule has 0 amide bonds. The van der Waals surface area contributed by atoms with Gasteiger partial charge in [-0.25, -0.2) is 4.98 Å². The molecule has 1 N–H and O–H groups in total. The van der Waals surface area contributed by atoms with E-state index in [1.165, 1.54) is 23.9 Å². The predicted molar refractivity (Wildman–Crippen MR) is 127 cm³/mol. The van der Waals surface area contributed by atoms with E-state index in [-0.39, 0.29) is 11.2 Å². The van der Waals surface area contributed by atoms with Gasteiger partial charge in [0, 0.05) is 28.8 Å². The molecule has 0 bridgehead atoms. The molecule has 3 aromatic carbocycles. The minimum Gasteiger partial charge on any atom is -0.349 e. The Kier molecular flexibility index (Phi) is 4.99. The number of benzene rings is 3. The summed E-state index contributed by atoms with van der Waals surface area (Å²) in [5.74, 6) is 0.518. The van der Waals surface area contributed by atoms with Gasteiger partial charge in [0.25, 0.3) is 11.2 Å². The largest absolute Gasteiger partial charge is 0.349 e. The first-order valence-corrected chi connectivity index (χ1v) is 11.0. The van der Waals surface area contributed by atoms with E-state index in [1.807, 2.05) is 55.5 Å². The molecule has 0 unspecified atom stereocenters. The van der Waals surface area contributed by atoms with E-state index in [4.69, 9.17) is 4.98 Å². The van der Waals surface area contributed by atoms with Gasteiger partial charge in [-0.15, -0.1) is 0 Å². The third kappa shape index (κ3) is 3.44. The van der Waals surface area contributed by atoms with Crippen LogP contribution < -0.4 is 5.56 Å². The standard InChI is InChI=1S/C24H18N4O3S/c1-15-6-2-5-9-20(15)27-23(29)22-21(18-7-3-4-8-19(18)25-22)26-24(27)32-14-16-10-12-17(13-11-16)28(30)31/h2-13,25H,14H2,1H3. The van der Waals surface area contributed by atoms with Gasteiger partial charge in [-0.3, -0.25) is 19.5 Å². The van der Waals surface area contributed by atoms with Crippen LogP contribution in [-0.2, 0) is 5.75 Å². The normalized spacial score (nSPS) is 11.3. The van der Waals surface area contributed by atoms with Crippen LogP contribution in [0.4, 0.5) is 5.69 Å². The lowest BCUT2D eigenvalue weighted by Gasteiger charge is -2.14. The van der Waals surface area contributed by atoms with Gasteiger partial charge in [0.1, 0.15) is 11.0 Å². The Bertz CT molecular complexity index is 1540. The zero-order valence-electron chi connectivity index (χ0n) is 17.1. The van der Waals surface area contributed by atoms with Crippen molar-refractivity contribution in [1.82, 2.24) is 14.5 Å². The van der Waals surface area contributed by atoms with Crippen LogP contribution in [-0.4, -0.2) is 19.5 Å². The van der Waals surface area contributed by atoms with Crippen molar-refractivity contribution in [2.45, 2.75) is 17.8 Å². The zero-order valence-corrected chi connectivity index (χ0v) is 17.9. The molecule has 0 atom stereocenters. The van der Waals surface area contributed by atoms with Crippen LogP contribution in [0.1, 0.15) is 11.1 Å². The topological polar surface area (TPSA) is 93.8 Å². The molecule has 0 aliphatic heterocycles. The number of aryl methyl sites for hydroxylation is 1. The second-order valence-corrected chi connectivity index (χ2v) is 8.37. The fourth-order valence-corrected chi connectivity index (χ4v) is 4.68. The first kappa shape index (κ1) is 20.0. The highest BCUT2D eigenvalue weighted by molar-refractivity contribution is 7.98. The van der Waals surface area contributed by atoms with Crippen molar-refractivity contribution in [2.75, 3.05) is 0 Å². The number of nitrogens with zero attached hydrogens (tertiary/aromatic N) is 3. The number of nitrogens with one attached hydrogen (secondary N) is 1. The minimum atomic E-state index is -0.417. The molecule has 0 saturated heterocycles. The summed E-state index contributed by atoms with van der Waals surface area (Å²) >= 11 is 1.43. The maximum absolute atomic E-state index is 13.6. The van der Waals surface area contributed by atoms with Crippen molar-refractivity contribution in [2.24, 2.45) is 0 Å². The number of nitro groups is 1. The number of fused-ring (bicyclic) bond motifs is 3. The van der Waals surface area contributed by atoms with Crippen LogP contribution in [0.2, 0.25) is 0 Å². The number of nitro benzene ring substituents is 1. The van der Waals surface area contributed by atoms with Gasteiger partial charge in [-0.05, 0) is 30.2 Å². The van der Waals surface area contributed by atoms with E-state index in [2.05, 4.69) is 4.98 Å². The van der Waals surface area contributed by atoms with Gasteiger partial charge >= 0.3 is 0 Å². The second kappa shape index (κ2) is 7.97. The summed E-state index contributed by atoms with van der Waals surface area (Å²) in [5, 5.41) is 12.4. The number of hydrogen-bond donors (Lipinski definition) is 1. The first-order valence-electron chi connectivity index (χ1n) is 9.98. The van der Waals surface area contributed by atoms with E-state index in [1.54, 1.807) is 16.7 Å². The fraction of sp³-hybridized carbons (Fsp3) is 0.0833.